The summed E-state index contributed by atoms with van der Waals surface area (Å²) in [6, 6.07) is 6.91. The van der Waals surface area contributed by atoms with Crippen LogP contribution < -0.4 is 5.32 Å². The molecule has 1 atom stereocenters. The number of rotatable bonds is 4. The highest BCUT2D eigenvalue weighted by Gasteiger charge is 2.14. The van der Waals surface area contributed by atoms with Gasteiger partial charge in [-0.25, -0.2) is 0 Å². The van der Waals surface area contributed by atoms with E-state index in [1.807, 2.05) is 13.0 Å². The number of likely N-dealkylation sites (N-methyl/N-ethyl adjacent to an activating group) is 1. The minimum atomic E-state index is 0.665. The quantitative estimate of drug-likeness (QED) is 0.861. The van der Waals surface area contributed by atoms with Crippen LogP contribution in [-0.2, 0) is 6.54 Å². The van der Waals surface area contributed by atoms with Gasteiger partial charge in [0.15, 0.2) is 0 Å². The lowest BCUT2D eigenvalue weighted by molar-refractivity contribution is 0.254. The highest BCUT2D eigenvalue weighted by atomic mass is 15.1. The number of hydrogen-bond donors (Lipinski definition) is 1. The first-order valence-electron chi connectivity index (χ1n) is 6.58. The molecule has 1 aromatic heterocycles. The van der Waals surface area contributed by atoms with E-state index >= 15 is 0 Å². The Hall–Kier alpha value is -0.930. The van der Waals surface area contributed by atoms with E-state index in [0.717, 1.165) is 18.8 Å². The summed E-state index contributed by atoms with van der Waals surface area (Å²) >= 11 is 0. The normalized spacial score (nSPS) is 20.8. The third-order valence-corrected chi connectivity index (χ3v) is 3.32. The van der Waals surface area contributed by atoms with Gasteiger partial charge in [-0.1, -0.05) is 12.5 Å². The molecule has 0 spiro atoms. The molecule has 1 aliphatic rings. The summed E-state index contributed by atoms with van der Waals surface area (Å²) < 4.78 is 0. The maximum atomic E-state index is 4.54. The van der Waals surface area contributed by atoms with Crippen molar-refractivity contribution in [1.29, 1.82) is 0 Å². The van der Waals surface area contributed by atoms with Gasteiger partial charge < -0.3 is 5.32 Å². The first-order chi connectivity index (χ1) is 8.24. The van der Waals surface area contributed by atoms with E-state index in [2.05, 4.69) is 34.4 Å². The maximum absolute atomic E-state index is 4.54. The summed E-state index contributed by atoms with van der Waals surface area (Å²) in [5.74, 6) is 0. The van der Waals surface area contributed by atoms with Crippen LogP contribution in [0, 0.1) is 6.92 Å². The second kappa shape index (κ2) is 6.12. The van der Waals surface area contributed by atoms with Crippen molar-refractivity contribution in [2.75, 3.05) is 20.1 Å². The van der Waals surface area contributed by atoms with Crippen LogP contribution in [0.15, 0.2) is 18.2 Å². The monoisotopic (exact) mass is 233 g/mol. The standard InChI is InChI=1S/C14H23N3/c1-12-6-5-8-14(16-12)11-17(2)10-13-7-3-4-9-15-13/h5-6,8,13,15H,3-4,7,9-11H2,1-2H3. The summed E-state index contributed by atoms with van der Waals surface area (Å²) in [7, 11) is 2.18. The molecule has 0 aromatic carbocycles. The van der Waals surface area contributed by atoms with Gasteiger partial charge in [-0.2, -0.15) is 0 Å². The Morgan fingerprint density at radius 1 is 1.41 bits per heavy atom. The van der Waals surface area contributed by atoms with Gasteiger partial charge in [-0.3, -0.25) is 9.88 Å². The van der Waals surface area contributed by atoms with Gasteiger partial charge in [0, 0.05) is 24.8 Å². The van der Waals surface area contributed by atoms with E-state index in [1.54, 1.807) is 0 Å². The Morgan fingerprint density at radius 2 is 2.29 bits per heavy atom. The molecule has 1 aliphatic heterocycles. The first kappa shape index (κ1) is 12.5. The maximum Gasteiger partial charge on any atom is 0.0547 e. The van der Waals surface area contributed by atoms with Crippen LogP contribution in [0.4, 0.5) is 0 Å². The summed E-state index contributed by atoms with van der Waals surface area (Å²) in [4.78, 5) is 6.91. The van der Waals surface area contributed by atoms with Crippen LogP contribution >= 0.6 is 0 Å². The van der Waals surface area contributed by atoms with E-state index in [1.165, 1.54) is 31.5 Å². The summed E-state index contributed by atoms with van der Waals surface area (Å²) in [6.07, 6.45) is 4.01. The van der Waals surface area contributed by atoms with Crippen LogP contribution in [0.1, 0.15) is 30.7 Å². The number of pyridine rings is 1. The molecule has 2 heterocycles. The minimum Gasteiger partial charge on any atom is -0.313 e. The van der Waals surface area contributed by atoms with E-state index in [0.29, 0.717) is 6.04 Å². The molecule has 3 heteroatoms. The molecular formula is C14H23N3. The zero-order valence-electron chi connectivity index (χ0n) is 10.9. The van der Waals surface area contributed by atoms with Crippen molar-refractivity contribution in [3.63, 3.8) is 0 Å². The van der Waals surface area contributed by atoms with Crippen molar-refractivity contribution in [3.8, 4) is 0 Å². The third kappa shape index (κ3) is 4.10. The lowest BCUT2D eigenvalue weighted by Crippen LogP contribution is -2.42. The van der Waals surface area contributed by atoms with Gasteiger partial charge in [-0.05, 0) is 45.5 Å². The van der Waals surface area contributed by atoms with E-state index in [9.17, 15) is 0 Å². The van der Waals surface area contributed by atoms with Crippen molar-refractivity contribution < 1.29 is 0 Å². The van der Waals surface area contributed by atoms with E-state index in [4.69, 9.17) is 0 Å². The van der Waals surface area contributed by atoms with Gasteiger partial charge in [0.2, 0.25) is 0 Å². The molecule has 1 saturated heterocycles. The van der Waals surface area contributed by atoms with Crippen molar-refractivity contribution in [2.24, 2.45) is 0 Å². The molecule has 17 heavy (non-hydrogen) atoms. The summed E-state index contributed by atoms with van der Waals surface area (Å²) in [5, 5.41) is 3.59. The minimum absolute atomic E-state index is 0.665. The summed E-state index contributed by atoms with van der Waals surface area (Å²) in [5.41, 5.74) is 2.27. The highest BCUT2D eigenvalue weighted by molar-refractivity contribution is 5.09. The molecule has 1 N–H and O–H groups in total. The van der Waals surface area contributed by atoms with Crippen LogP contribution in [-0.4, -0.2) is 36.1 Å². The zero-order chi connectivity index (χ0) is 12.1. The fourth-order valence-electron chi connectivity index (χ4n) is 2.48. The fourth-order valence-corrected chi connectivity index (χ4v) is 2.48. The largest absolute Gasteiger partial charge is 0.313 e. The number of hydrogen-bond acceptors (Lipinski definition) is 3. The number of nitrogens with one attached hydrogen (secondary N) is 1. The predicted octanol–water partition coefficient (Wildman–Crippen LogP) is 1.96. The molecule has 0 amide bonds. The molecular weight excluding hydrogens is 210 g/mol. The molecule has 94 valence electrons. The van der Waals surface area contributed by atoms with Gasteiger partial charge in [0.05, 0.1) is 5.69 Å². The van der Waals surface area contributed by atoms with Gasteiger partial charge in [-0.15, -0.1) is 0 Å². The Kier molecular flexibility index (Phi) is 4.51. The molecule has 3 nitrogen and oxygen atoms in total. The van der Waals surface area contributed by atoms with Gasteiger partial charge in [0.1, 0.15) is 0 Å². The summed E-state index contributed by atoms with van der Waals surface area (Å²) in [6.45, 7) is 5.29. The Morgan fingerprint density at radius 3 is 3.00 bits per heavy atom. The van der Waals surface area contributed by atoms with Crippen LogP contribution in [0.2, 0.25) is 0 Å². The van der Waals surface area contributed by atoms with Crippen molar-refractivity contribution in [2.45, 2.75) is 38.8 Å². The number of aryl methyl sites for hydroxylation is 1. The van der Waals surface area contributed by atoms with Gasteiger partial charge in [0.25, 0.3) is 0 Å². The molecule has 1 aromatic rings. The van der Waals surface area contributed by atoms with Crippen molar-refractivity contribution >= 4 is 0 Å². The molecule has 0 saturated carbocycles. The van der Waals surface area contributed by atoms with Crippen LogP contribution in [0.5, 0.6) is 0 Å². The Balaban J connectivity index is 1.82. The molecule has 1 unspecified atom stereocenters. The third-order valence-electron chi connectivity index (χ3n) is 3.32. The molecule has 1 fully saturated rings. The van der Waals surface area contributed by atoms with Gasteiger partial charge >= 0.3 is 0 Å². The molecule has 0 radical (unpaired) electrons. The lowest BCUT2D eigenvalue weighted by Gasteiger charge is -2.28. The Bertz CT molecular complexity index is 345. The van der Waals surface area contributed by atoms with Crippen molar-refractivity contribution in [1.82, 2.24) is 15.2 Å². The Labute approximate surface area is 104 Å². The smallest absolute Gasteiger partial charge is 0.0547 e. The van der Waals surface area contributed by atoms with Crippen LogP contribution in [0.3, 0.4) is 0 Å². The van der Waals surface area contributed by atoms with Crippen molar-refractivity contribution in [3.05, 3.63) is 29.6 Å². The molecule has 2 rings (SSSR count). The first-order valence-corrected chi connectivity index (χ1v) is 6.58. The predicted molar refractivity (Wildman–Crippen MR) is 70.9 cm³/mol. The zero-order valence-corrected chi connectivity index (χ0v) is 10.9. The topological polar surface area (TPSA) is 28.2 Å². The molecule has 0 aliphatic carbocycles. The second-order valence-electron chi connectivity index (χ2n) is 5.11. The lowest BCUT2D eigenvalue weighted by atomic mass is 10.0. The number of aromatic nitrogens is 1. The number of nitrogens with zero attached hydrogens (tertiary/aromatic N) is 2. The highest BCUT2D eigenvalue weighted by Crippen LogP contribution is 2.09. The van der Waals surface area contributed by atoms with Crippen LogP contribution in [0.25, 0.3) is 0 Å². The second-order valence-corrected chi connectivity index (χ2v) is 5.11. The van der Waals surface area contributed by atoms with E-state index < -0.39 is 0 Å². The SMILES string of the molecule is Cc1cccc(CN(C)CC2CCCCN2)n1. The average Bonchev–Trinajstić information content (AvgIpc) is 2.30. The molecule has 0 bridgehead atoms. The number of piperidine rings is 1. The average molecular weight is 233 g/mol. The fraction of sp³-hybridized carbons (Fsp3) is 0.643. The van der Waals surface area contributed by atoms with E-state index in [-0.39, 0.29) is 0 Å².